The van der Waals surface area contributed by atoms with Crippen LogP contribution in [-0.2, 0) is 29.7 Å². The normalized spacial score (nSPS) is 19.9. The number of carbonyl (C=O) groups excluding carboxylic acids is 1. The van der Waals surface area contributed by atoms with Gasteiger partial charge in [-0.2, -0.15) is 5.10 Å². The van der Waals surface area contributed by atoms with Crippen LogP contribution in [0.15, 0.2) is 59.6 Å². The van der Waals surface area contributed by atoms with Gasteiger partial charge in [-0.1, -0.05) is 18.2 Å². The number of hydrogen-bond donors (Lipinski definition) is 1. The summed E-state index contributed by atoms with van der Waals surface area (Å²) in [5.41, 5.74) is 5.14. The van der Waals surface area contributed by atoms with E-state index >= 15 is 0 Å². The number of hydrogen-bond acceptors (Lipinski definition) is 5. The summed E-state index contributed by atoms with van der Waals surface area (Å²) in [4.78, 5) is 15.9. The second-order valence-electron chi connectivity index (χ2n) is 10.9. The van der Waals surface area contributed by atoms with E-state index in [2.05, 4.69) is 15.3 Å². The quantitative estimate of drug-likeness (QED) is 0.445. The summed E-state index contributed by atoms with van der Waals surface area (Å²) in [6.45, 7) is 3.08. The molecule has 3 aromatic rings. The van der Waals surface area contributed by atoms with E-state index in [1.54, 1.807) is 12.3 Å². The highest BCUT2D eigenvalue weighted by Gasteiger charge is 2.24. The van der Waals surface area contributed by atoms with Gasteiger partial charge in [-0.3, -0.25) is 9.48 Å². The molecule has 1 N–H and O–H groups in total. The predicted octanol–water partition coefficient (Wildman–Crippen LogP) is 4.69. The van der Waals surface area contributed by atoms with Crippen molar-refractivity contribution in [1.29, 1.82) is 0 Å². The van der Waals surface area contributed by atoms with Gasteiger partial charge >= 0.3 is 0 Å². The largest absolute Gasteiger partial charge is 0.349 e. The Labute approximate surface area is 238 Å². The van der Waals surface area contributed by atoms with E-state index in [0.717, 1.165) is 69.4 Å². The molecule has 1 aliphatic carbocycles. The molecule has 7 nitrogen and oxygen atoms in total. The number of rotatable bonds is 7. The van der Waals surface area contributed by atoms with Crippen LogP contribution in [0.5, 0.6) is 0 Å². The average Bonchev–Trinajstić information content (AvgIpc) is 3.23. The highest BCUT2D eigenvalue weighted by molar-refractivity contribution is 7.90. The highest BCUT2D eigenvalue weighted by Crippen LogP contribution is 2.28. The molecule has 1 aliphatic heterocycles. The van der Waals surface area contributed by atoms with Crippen LogP contribution in [0.3, 0.4) is 0 Å². The standard InChI is InChI=1S/C30H38N4O3S.ClH/c1-33-29(12-16-31-33)25-4-3-5-26(20-25)30(35)32-27-9-6-22(7-10-27)13-17-34-18-14-23-8-11-28(38(2,36)37)21-24(23)15-19-34;/h3-5,8,11-12,16,20-22,27H,6-7,9-10,13-15,17-19H2,1-2H3,(H,32,35);1H. The van der Waals surface area contributed by atoms with Crippen molar-refractivity contribution in [2.24, 2.45) is 13.0 Å². The van der Waals surface area contributed by atoms with Crippen LogP contribution >= 0.6 is 12.4 Å². The first-order valence-corrected chi connectivity index (χ1v) is 15.6. The molecule has 1 fully saturated rings. The molecule has 0 spiro atoms. The molecule has 0 bridgehead atoms. The Morgan fingerprint density at radius 1 is 1.00 bits per heavy atom. The van der Waals surface area contributed by atoms with Gasteiger partial charge in [0.1, 0.15) is 0 Å². The minimum absolute atomic E-state index is 0. The van der Waals surface area contributed by atoms with Crippen molar-refractivity contribution < 1.29 is 13.2 Å². The van der Waals surface area contributed by atoms with Crippen LogP contribution in [0, 0.1) is 5.92 Å². The number of nitrogens with one attached hydrogen (secondary N) is 1. The van der Waals surface area contributed by atoms with E-state index in [4.69, 9.17) is 0 Å². The molecule has 0 radical (unpaired) electrons. The fourth-order valence-corrected chi connectivity index (χ4v) is 6.58. The molecular formula is C30H39ClN4O3S. The summed E-state index contributed by atoms with van der Waals surface area (Å²) in [5.74, 6) is 0.694. The van der Waals surface area contributed by atoms with Gasteiger partial charge in [-0.15, -0.1) is 12.4 Å². The monoisotopic (exact) mass is 570 g/mol. The molecule has 2 aliphatic rings. The van der Waals surface area contributed by atoms with Crippen molar-refractivity contribution >= 4 is 28.2 Å². The fraction of sp³-hybridized carbons (Fsp3) is 0.467. The third kappa shape index (κ3) is 7.29. The first kappa shape index (κ1) is 29.3. The molecule has 1 amide bonds. The number of nitrogens with zero attached hydrogens (tertiary/aromatic N) is 3. The van der Waals surface area contributed by atoms with Crippen molar-refractivity contribution in [2.45, 2.75) is 55.9 Å². The zero-order valence-corrected chi connectivity index (χ0v) is 24.4. The number of fused-ring (bicyclic) bond motifs is 1. The summed E-state index contributed by atoms with van der Waals surface area (Å²) in [7, 11) is -1.26. The summed E-state index contributed by atoms with van der Waals surface area (Å²) in [5, 5.41) is 7.50. The minimum Gasteiger partial charge on any atom is -0.349 e. The van der Waals surface area contributed by atoms with Gasteiger partial charge in [0.25, 0.3) is 5.91 Å². The van der Waals surface area contributed by atoms with E-state index < -0.39 is 9.84 Å². The van der Waals surface area contributed by atoms with E-state index in [9.17, 15) is 13.2 Å². The molecule has 1 aromatic heterocycles. The van der Waals surface area contributed by atoms with Crippen LogP contribution in [0.2, 0.25) is 0 Å². The number of sulfone groups is 1. The summed E-state index contributed by atoms with van der Waals surface area (Å²) in [6, 6.07) is 15.6. The summed E-state index contributed by atoms with van der Waals surface area (Å²) in [6.07, 6.45) is 10.4. The Hall–Kier alpha value is -2.68. The Morgan fingerprint density at radius 2 is 1.74 bits per heavy atom. The van der Waals surface area contributed by atoms with Gasteiger partial charge in [0.2, 0.25) is 0 Å². The third-order valence-electron chi connectivity index (χ3n) is 8.28. The maximum absolute atomic E-state index is 13.0. The van der Waals surface area contributed by atoms with Gasteiger partial charge in [0, 0.05) is 49.8 Å². The molecule has 2 heterocycles. The number of carbonyl (C=O) groups is 1. The maximum Gasteiger partial charge on any atom is 0.251 e. The van der Waals surface area contributed by atoms with Crippen LogP contribution in [0.4, 0.5) is 0 Å². The Kier molecular flexibility index (Phi) is 9.51. The summed E-state index contributed by atoms with van der Waals surface area (Å²) >= 11 is 0. The lowest BCUT2D eigenvalue weighted by Crippen LogP contribution is -2.38. The topological polar surface area (TPSA) is 84.3 Å². The van der Waals surface area contributed by atoms with Crippen molar-refractivity contribution in [2.75, 3.05) is 25.9 Å². The molecule has 0 unspecified atom stereocenters. The average molecular weight is 571 g/mol. The van der Waals surface area contributed by atoms with E-state index in [1.807, 2.05) is 54.2 Å². The van der Waals surface area contributed by atoms with E-state index in [-0.39, 0.29) is 24.4 Å². The number of aryl methyl sites for hydroxylation is 1. The van der Waals surface area contributed by atoms with Gasteiger partial charge in [0.05, 0.1) is 10.6 Å². The fourth-order valence-electron chi connectivity index (χ4n) is 5.91. The molecule has 0 atom stereocenters. The lowest BCUT2D eigenvalue weighted by molar-refractivity contribution is 0.0920. The van der Waals surface area contributed by atoms with Crippen molar-refractivity contribution in [3.05, 3.63) is 71.4 Å². The minimum atomic E-state index is -3.17. The van der Waals surface area contributed by atoms with Crippen molar-refractivity contribution in [1.82, 2.24) is 20.0 Å². The number of benzene rings is 2. The third-order valence-corrected chi connectivity index (χ3v) is 9.39. The number of aromatic nitrogens is 2. The second-order valence-corrected chi connectivity index (χ2v) is 13.0. The Morgan fingerprint density at radius 3 is 2.44 bits per heavy atom. The van der Waals surface area contributed by atoms with Crippen LogP contribution in [-0.4, -0.2) is 60.9 Å². The zero-order valence-electron chi connectivity index (χ0n) is 22.8. The number of halogens is 1. The zero-order chi connectivity index (χ0) is 26.7. The molecule has 5 rings (SSSR count). The predicted molar refractivity (Wildman–Crippen MR) is 157 cm³/mol. The molecular weight excluding hydrogens is 532 g/mol. The lowest BCUT2D eigenvalue weighted by atomic mass is 9.84. The number of amides is 1. The van der Waals surface area contributed by atoms with Crippen LogP contribution in [0.25, 0.3) is 11.3 Å². The molecule has 2 aromatic carbocycles. The molecule has 9 heteroatoms. The lowest BCUT2D eigenvalue weighted by Gasteiger charge is -2.30. The summed E-state index contributed by atoms with van der Waals surface area (Å²) < 4.78 is 25.7. The van der Waals surface area contributed by atoms with Gasteiger partial charge in [0.15, 0.2) is 9.84 Å². The van der Waals surface area contributed by atoms with E-state index in [0.29, 0.717) is 16.4 Å². The van der Waals surface area contributed by atoms with Crippen molar-refractivity contribution in [3.63, 3.8) is 0 Å². The first-order valence-electron chi connectivity index (χ1n) is 13.7. The Bertz CT molecular complexity index is 1400. The van der Waals surface area contributed by atoms with E-state index in [1.165, 1.54) is 23.8 Å². The highest BCUT2D eigenvalue weighted by atomic mass is 35.5. The first-order chi connectivity index (χ1) is 18.3. The van der Waals surface area contributed by atoms with Gasteiger partial charge < -0.3 is 10.2 Å². The molecule has 39 heavy (non-hydrogen) atoms. The second kappa shape index (κ2) is 12.7. The SMILES string of the molecule is Cl.Cn1nccc1-c1cccc(C(=O)NC2CCC(CCN3CCc4ccc(S(C)(=O)=O)cc4CC3)CC2)c1. The molecule has 210 valence electrons. The van der Waals surface area contributed by atoms with Crippen LogP contribution in [0.1, 0.15) is 53.6 Å². The van der Waals surface area contributed by atoms with Gasteiger partial charge in [-0.05, 0) is 98.9 Å². The molecule has 0 saturated heterocycles. The van der Waals surface area contributed by atoms with Crippen molar-refractivity contribution in [3.8, 4) is 11.3 Å². The smallest absolute Gasteiger partial charge is 0.251 e. The maximum atomic E-state index is 13.0. The van der Waals surface area contributed by atoms with Gasteiger partial charge in [-0.25, -0.2) is 8.42 Å². The Balaban J connectivity index is 0.00000353. The van der Waals surface area contributed by atoms with Crippen LogP contribution < -0.4 is 5.32 Å². The molecule has 1 saturated carbocycles.